The van der Waals surface area contributed by atoms with Crippen LogP contribution >= 0.6 is 23.2 Å². The van der Waals surface area contributed by atoms with Crippen LogP contribution in [0.2, 0.25) is 10.0 Å². The number of rotatable bonds is 1. The van der Waals surface area contributed by atoms with Gasteiger partial charge in [0.15, 0.2) is 5.69 Å². The van der Waals surface area contributed by atoms with Gasteiger partial charge in [-0.2, -0.15) is 0 Å². The summed E-state index contributed by atoms with van der Waals surface area (Å²) in [5.74, 6) is -1.21. The Hall–Kier alpha value is -1.39. The molecule has 1 N–H and O–H groups in total. The smallest absolute Gasteiger partial charge is 0.358 e. The Kier molecular flexibility index (Phi) is 2.46. The van der Waals surface area contributed by atoms with Gasteiger partial charge in [-0.1, -0.05) is 23.2 Å². The molecule has 76 valence electrons. The predicted molar refractivity (Wildman–Crippen MR) is 56.5 cm³/mol. The van der Waals surface area contributed by atoms with E-state index in [-0.39, 0.29) is 10.7 Å². The number of benzene rings is 1. The van der Waals surface area contributed by atoms with Crippen molar-refractivity contribution < 1.29 is 9.90 Å². The summed E-state index contributed by atoms with van der Waals surface area (Å²) in [7, 11) is 0. The van der Waals surface area contributed by atoms with Crippen molar-refractivity contribution in [3.8, 4) is 0 Å². The van der Waals surface area contributed by atoms with Crippen LogP contribution in [0, 0.1) is 0 Å². The molecule has 2 rings (SSSR count). The molecule has 2 aromatic rings. The first-order chi connectivity index (χ1) is 7.09. The van der Waals surface area contributed by atoms with Gasteiger partial charge < -0.3 is 5.11 Å². The largest absolute Gasteiger partial charge is 0.476 e. The quantitative estimate of drug-likeness (QED) is 0.836. The van der Waals surface area contributed by atoms with E-state index in [1.807, 2.05) is 0 Å². The van der Waals surface area contributed by atoms with Crippen molar-refractivity contribution in [1.82, 2.24) is 10.2 Å². The summed E-state index contributed by atoms with van der Waals surface area (Å²) < 4.78 is 0. The number of fused-ring (bicyclic) bond motifs is 1. The van der Waals surface area contributed by atoms with E-state index in [2.05, 4.69) is 10.2 Å². The summed E-state index contributed by atoms with van der Waals surface area (Å²) in [6, 6.07) is 4.82. The number of aromatic nitrogens is 2. The van der Waals surface area contributed by atoms with E-state index in [1.165, 1.54) is 0 Å². The van der Waals surface area contributed by atoms with Crippen LogP contribution in [-0.4, -0.2) is 21.3 Å². The lowest BCUT2D eigenvalue weighted by Gasteiger charge is -2.01. The van der Waals surface area contributed by atoms with Crippen LogP contribution in [0.5, 0.6) is 0 Å². The summed E-state index contributed by atoms with van der Waals surface area (Å²) in [4.78, 5) is 10.7. The third kappa shape index (κ3) is 1.73. The molecule has 6 heteroatoms. The van der Waals surface area contributed by atoms with E-state index in [1.54, 1.807) is 18.2 Å². The van der Waals surface area contributed by atoms with E-state index in [0.717, 1.165) is 0 Å². The van der Waals surface area contributed by atoms with Gasteiger partial charge in [0, 0.05) is 10.4 Å². The van der Waals surface area contributed by atoms with Crippen molar-refractivity contribution >= 4 is 40.1 Å². The second-order valence-electron chi connectivity index (χ2n) is 2.83. The van der Waals surface area contributed by atoms with Gasteiger partial charge in [0.1, 0.15) is 0 Å². The van der Waals surface area contributed by atoms with E-state index in [9.17, 15) is 4.79 Å². The van der Waals surface area contributed by atoms with Crippen LogP contribution in [0.15, 0.2) is 18.2 Å². The van der Waals surface area contributed by atoms with Gasteiger partial charge in [-0.25, -0.2) is 4.79 Å². The Morgan fingerprint density at radius 1 is 1.27 bits per heavy atom. The molecular formula is C9H4Cl2N2O2. The third-order valence-electron chi connectivity index (χ3n) is 1.86. The lowest BCUT2D eigenvalue weighted by Crippen LogP contribution is -2.03. The number of hydrogen-bond acceptors (Lipinski definition) is 3. The SMILES string of the molecule is O=C(O)c1nnc2ccc(Cl)cc2c1Cl. The molecule has 0 aliphatic rings. The van der Waals surface area contributed by atoms with Gasteiger partial charge in [-0.15, -0.1) is 10.2 Å². The topological polar surface area (TPSA) is 63.1 Å². The van der Waals surface area contributed by atoms with Crippen molar-refractivity contribution in [2.24, 2.45) is 0 Å². The molecule has 1 aromatic carbocycles. The summed E-state index contributed by atoms with van der Waals surface area (Å²) in [6.07, 6.45) is 0. The van der Waals surface area contributed by atoms with Crippen molar-refractivity contribution in [3.63, 3.8) is 0 Å². The predicted octanol–water partition coefficient (Wildman–Crippen LogP) is 2.63. The summed E-state index contributed by atoms with van der Waals surface area (Å²) in [5, 5.41) is 17.0. The molecule has 0 aliphatic carbocycles. The molecule has 0 amide bonds. The Bertz CT molecular complexity index is 557. The molecule has 0 aliphatic heterocycles. The van der Waals surface area contributed by atoms with Gasteiger partial charge in [0.05, 0.1) is 10.5 Å². The highest BCUT2D eigenvalue weighted by atomic mass is 35.5. The lowest BCUT2D eigenvalue weighted by molar-refractivity contribution is 0.0689. The van der Waals surface area contributed by atoms with Crippen molar-refractivity contribution in [1.29, 1.82) is 0 Å². The lowest BCUT2D eigenvalue weighted by atomic mass is 10.2. The fourth-order valence-electron chi connectivity index (χ4n) is 1.18. The fourth-order valence-corrected chi connectivity index (χ4v) is 1.63. The molecule has 0 saturated heterocycles. The molecule has 0 fully saturated rings. The van der Waals surface area contributed by atoms with Gasteiger partial charge in [-0.3, -0.25) is 0 Å². The maximum Gasteiger partial charge on any atom is 0.358 e. The number of carboxylic acid groups (broad SMARTS) is 1. The molecule has 0 radical (unpaired) electrons. The third-order valence-corrected chi connectivity index (χ3v) is 2.48. The molecule has 15 heavy (non-hydrogen) atoms. The van der Waals surface area contributed by atoms with Gasteiger partial charge in [-0.05, 0) is 18.2 Å². The Morgan fingerprint density at radius 2 is 2.00 bits per heavy atom. The van der Waals surface area contributed by atoms with Crippen molar-refractivity contribution in [2.45, 2.75) is 0 Å². The van der Waals surface area contributed by atoms with E-state index >= 15 is 0 Å². The first-order valence-electron chi connectivity index (χ1n) is 3.94. The molecule has 0 bridgehead atoms. The summed E-state index contributed by atoms with van der Waals surface area (Å²) in [6.45, 7) is 0. The maximum absolute atomic E-state index is 10.7. The van der Waals surface area contributed by atoms with E-state index < -0.39 is 5.97 Å². The van der Waals surface area contributed by atoms with Crippen LogP contribution in [0.4, 0.5) is 0 Å². The summed E-state index contributed by atoms with van der Waals surface area (Å²) >= 11 is 11.6. The molecule has 1 aromatic heterocycles. The summed E-state index contributed by atoms with van der Waals surface area (Å²) in [5.41, 5.74) is 0.237. The zero-order valence-corrected chi connectivity index (χ0v) is 8.75. The molecule has 0 spiro atoms. The zero-order valence-electron chi connectivity index (χ0n) is 7.24. The average molecular weight is 243 g/mol. The minimum absolute atomic E-state index is 0.0509. The average Bonchev–Trinajstić information content (AvgIpc) is 2.19. The highest BCUT2D eigenvalue weighted by Gasteiger charge is 2.14. The molecule has 0 atom stereocenters. The number of hydrogen-bond donors (Lipinski definition) is 1. The molecule has 1 heterocycles. The first kappa shape index (κ1) is 10.1. The second kappa shape index (κ2) is 3.64. The fraction of sp³-hybridized carbons (Fsp3) is 0. The van der Waals surface area contributed by atoms with E-state index in [4.69, 9.17) is 28.3 Å². The number of carboxylic acids is 1. The van der Waals surface area contributed by atoms with Gasteiger partial charge in [0.2, 0.25) is 0 Å². The van der Waals surface area contributed by atoms with Crippen LogP contribution in [0.25, 0.3) is 10.9 Å². The Labute approximate surface area is 94.4 Å². The highest BCUT2D eigenvalue weighted by Crippen LogP contribution is 2.26. The minimum Gasteiger partial charge on any atom is -0.476 e. The highest BCUT2D eigenvalue weighted by molar-refractivity contribution is 6.38. The van der Waals surface area contributed by atoms with Crippen LogP contribution in [0.3, 0.4) is 0 Å². The van der Waals surface area contributed by atoms with Crippen LogP contribution < -0.4 is 0 Å². The minimum atomic E-state index is -1.21. The normalized spacial score (nSPS) is 10.5. The molecule has 0 unspecified atom stereocenters. The van der Waals surface area contributed by atoms with Crippen LogP contribution in [0.1, 0.15) is 10.5 Å². The van der Waals surface area contributed by atoms with Crippen LogP contribution in [-0.2, 0) is 0 Å². The number of nitrogens with zero attached hydrogens (tertiary/aromatic N) is 2. The molecule has 0 saturated carbocycles. The zero-order chi connectivity index (χ0) is 11.0. The van der Waals surface area contributed by atoms with Crippen molar-refractivity contribution in [3.05, 3.63) is 33.9 Å². The monoisotopic (exact) mass is 242 g/mol. The Balaban J connectivity index is 2.82. The first-order valence-corrected chi connectivity index (χ1v) is 4.70. The Morgan fingerprint density at radius 3 is 2.67 bits per heavy atom. The molecule has 4 nitrogen and oxygen atoms in total. The molecular weight excluding hydrogens is 239 g/mol. The standard InChI is InChI=1S/C9H4Cl2N2O2/c10-4-1-2-6-5(3-4)7(11)8(9(14)15)13-12-6/h1-3H,(H,14,15). The second-order valence-corrected chi connectivity index (χ2v) is 3.64. The maximum atomic E-state index is 10.7. The van der Waals surface area contributed by atoms with E-state index in [0.29, 0.717) is 15.9 Å². The van der Waals surface area contributed by atoms with Crippen molar-refractivity contribution in [2.75, 3.05) is 0 Å². The number of carbonyl (C=O) groups is 1. The number of aromatic carboxylic acids is 1. The number of halogens is 2. The van der Waals surface area contributed by atoms with Gasteiger partial charge in [0.25, 0.3) is 0 Å². The van der Waals surface area contributed by atoms with Gasteiger partial charge >= 0.3 is 5.97 Å².